The van der Waals surface area contributed by atoms with Gasteiger partial charge in [-0.2, -0.15) is 0 Å². The fourth-order valence-electron chi connectivity index (χ4n) is 4.33. The molecule has 39 heavy (non-hydrogen) atoms. The number of carbonyl (C=O) groups is 2. The summed E-state index contributed by atoms with van der Waals surface area (Å²) in [6, 6.07) is 19.3. The van der Waals surface area contributed by atoms with Crippen LogP contribution in [0.25, 0.3) is 11.5 Å². The van der Waals surface area contributed by atoms with E-state index in [0.29, 0.717) is 22.7 Å². The molecule has 2 amide bonds. The van der Waals surface area contributed by atoms with Crippen LogP contribution in [0.15, 0.2) is 71.1 Å². The molecule has 0 radical (unpaired) electrons. The molecule has 10 nitrogen and oxygen atoms in total. The summed E-state index contributed by atoms with van der Waals surface area (Å²) in [6.45, 7) is 0.0605. The molecule has 0 aliphatic carbocycles. The van der Waals surface area contributed by atoms with E-state index >= 15 is 0 Å². The van der Waals surface area contributed by atoms with Gasteiger partial charge in [-0.05, 0) is 42.0 Å². The van der Waals surface area contributed by atoms with Crippen molar-refractivity contribution in [2.24, 2.45) is 0 Å². The molecule has 5 rings (SSSR count). The number of methoxy groups -OCH3 is 1. The lowest BCUT2D eigenvalue weighted by molar-refractivity contribution is -0.131. The van der Waals surface area contributed by atoms with E-state index in [1.807, 2.05) is 36.4 Å². The van der Waals surface area contributed by atoms with Gasteiger partial charge in [-0.15, -0.1) is 10.2 Å². The molecule has 1 N–H and O–H groups in total. The molecule has 0 bridgehead atoms. The Morgan fingerprint density at radius 1 is 1.08 bits per heavy atom. The van der Waals surface area contributed by atoms with E-state index in [4.69, 9.17) is 30.6 Å². The van der Waals surface area contributed by atoms with Gasteiger partial charge in [-0.3, -0.25) is 14.5 Å². The molecule has 2 heterocycles. The molecule has 0 unspecified atom stereocenters. The predicted octanol–water partition coefficient (Wildman–Crippen LogP) is 3.96. The summed E-state index contributed by atoms with van der Waals surface area (Å²) in [5.41, 5.74) is 2.26. The number of amides is 2. The van der Waals surface area contributed by atoms with Crippen molar-refractivity contribution in [3.05, 3.63) is 88.8 Å². The minimum absolute atomic E-state index is 0.0645. The van der Waals surface area contributed by atoms with Gasteiger partial charge in [0.1, 0.15) is 24.7 Å². The van der Waals surface area contributed by atoms with Crippen LogP contribution in [0, 0.1) is 0 Å². The Bertz CT molecular complexity index is 1510. The number of aliphatic hydroxyl groups excluding tert-OH is 1. The summed E-state index contributed by atoms with van der Waals surface area (Å²) >= 11 is 6.42. The highest BCUT2D eigenvalue weighted by molar-refractivity contribution is 6.34. The standard InChI is InChI=1S/C28H25ClN4O6/c1-37-24-9-5-3-7-21(24)27-31-30-25(39-27)16-32-15-18-6-2-4-8-23(18)33(17-26(32)35)28(36)20-11-10-19(14-22(20)29)38-13-12-34/h2-11,14,34H,12-13,15-17H2,1H3. The Hall–Kier alpha value is -4.41. The first-order valence-corrected chi connectivity index (χ1v) is 12.5. The van der Waals surface area contributed by atoms with Crippen molar-refractivity contribution in [1.29, 1.82) is 0 Å². The number of aliphatic hydroxyl groups is 1. The zero-order chi connectivity index (χ0) is 27.4. The fraction of sp³-hybridized carbons (Fsp3) is 0.214. The first-order chi connectivity index (χ1) is 19.0. The largest absolute Gasteiger partial charge is 0.496 e. The second-order valence-electron chi connectivity index (χ2n) is 8.68. The summed E-state index contributed by atoms with van der Waals surface area (Å²) in [6.07, 6.45) is 0. The second-order valence-corrected chi connectivity index (χ2v) is 9.09. The molecule has 0 spiro atoms. The Balaban J connectivity index is 1.39. The fourth-order valence-corrected chi connectivity index (χ4v) is 4.58. The summed E-state index contributed by atoms with van der Waals surface area (Å²) in [4.78, 5) is 30.0. The van der Waals surface area contributed by atoms with Crippen LogP contribution in [0.3, 0.4) is 0 Å². The number of nitrogens with zero attached hydrogens (tertiary/aromatic N) is 4. The van der Waals surface area contributed by atoms with E-state index < -0.39 is 5.91 Å². The molecule has 0 atom stereocenters. The first kappa shape index (κ1) is 26.2. The molecule has 0 saturated heterocycles. The molecule has 200 valence electrons. The SMILES string of the molecule is COc1ccccc1-c1nnc(CN2Cc3ccccc3N(C(=O)c3ccc(OCCO)cc3Cl)CC2=O)o1. The van der Waals surface area contributed by atoms with Crippen LogP contribution in [-0.2, 0) is 17.9 Å². The monoisotopic (exact) mass is 548 g/mol. The van der Waals surface area contributed by atoms with Crippen molar-refractivity contribution < 1.29 is 28.6 Å². The summed E-state index contributed by atoms with van der Waals surface area (Å²) in [7, 11) is 1.56. The van der Waals surface area contributed by atoms with Gasteiger partial charge in [0.25, 0.3) is 11.8 Å². The van der Waals surface area contributed by atoms with E-state index in [9.17, 15) is 9.59 Å². The molecule has 4 aromatic rings. The molecule has 1 aromatic heterocycles. The number of para-hydroxylation sites is 2. The van der Waals surface area contributed by atoms with Crippen molar-refractivity contribution in [3.8, 4) is 23.0 Å². The Labute approximate surface area is 229 Å². The predicted molar refractivity (Wildman–Crippen MR) is 143 cm³/mol. The Morgan fingerprint density at radius 2 is 1.87 bits per heavy atom. The molecular formula is C28H25ClN4O6. The number of fused-ring (bicyclic) bond motifs is 1. The molecule has 0 saturated carbocycles. The minimum Gasteiger partial charge on any atom is -0.496 e. The van der Waals surface area contributed by atoms with Gasteiger partial charge in [-0.25, -0.2) is 0 Å². The molecule has 1 aliphatic heterocycles. The maximum Gasteiger partial charge on any atom is 0.260 e. The molecule has 1 aliphatic rings. The summed E-state index contributed by atoms with van der Waals surface area (Å²) in [5, 5.41) is 17.4. The number of hydrogen-bond acceptors (Lipinski definition) is 8. The van der Waals surface area contributed by atoms with Gasteiger partial charge in [0.05, 0.1) is 36.4 Å². The van der Waals surface area contributed by atoms with Crippen LogP contribution in [-0.4, -0.2) is 58.9 Å². The normalized spacial score (nSPS) is 13.2. The second kappa shape index (κ2) is 11.5. The number of halogens is 1. The van der Waals surface area contributed by atoms with Crippen LogP contribution in [0.5, 0.6) is 11.5 Å². The highest BCUT2D eigenvalue weighted by Crippen LogP contribution is 2.32. The van der Waals surface area contributed by atoms with E-state index in [1.165, 1.54) is 11.0 Å². The van der Waals surface area contributed by atoms with Gasteiger partial charge in [0.15, 0.2) is 0 Å². The summed E-state index contributed by atoms with van der Waals surface area (Å²) < 4.78 is 16.6. The van der Waals surface area contributed by atoms with Gasteiger partial charge in [-0.1, -0.05) is 41.9 Å². The van der Waals surface area contributed by atoms with Crippen molar-refractivity contribution >= 4 is 29.1 Å². The van der Waals surface area contributed by atoms with Crippen molar-refractivity contribution in [2.75, 3.05) is 31.8 Å². The highest BCUT2D eigenvalue weighted by atomic mass is 35.5. The topological polar surface area (TPSA) is 118 Å². The highest BCUT2D eigenvalue weighted by Gasteiger charge is 2.31. The lowest BCUT2D eigenvalue weighted by atomic mass is 10.1. The van der Waals surface area contributed by atoms with E-state index in [-0.39, 0.29) is 61.1 Å². The van der Waals surface area contributed by atoms with E-state index in [2.05, 4.69) is 10.2 Å². The van der Waals surface area contributed by atoms with Crippen molar-refractivity contribution in [3.63, 3.8) is 0 Å². The Kier molecular flexibility index (Phi) is 7.76. The quantitative estimate of drug-likeness (QED) is 0.351. The van der Waals surface area contributed by atoms with Crippen LogP contribution in [0.4, 0.5) is 5.69 Å². The first-order valence-electron chi connectivity index (χ1n) is 12.1. The van der Waals surface area contributed by atoms with Crippen LogP contribution in [0.1, 0.15) is 21.8 Å². The van der Waals surface area contributed by atoms with Gasteiger partial charge >= 0.3 is 0 Å². The van der Waals surface area contributed by atoms with E-state index in [1.54, 1.807) is 36.3 Å². The third-order valence-corrected chi connectivity index (χ3v) is 6.51. The Morgan fingerprint density at radius 3 is 2.67 bits per heavy atom. The third-order valence-electron chi connectivity index (χ3n) is 6.20. The minimum atomic E-state index is -0.424. The maximum atomic E-state index is 13.6. The molecule has 11 heteroatoms. The zero-order valence-corrected chi connectivity index (χ0v) is 21.8. The van der Waals surface area contributed by atoms with Gasteiger partial charge in [0, 0.05) is 12.2 Å². The number of anilines is 1. The van der Waals surface area contributed by atoms with Crippen LogP contribution in [0.2, 0.25) is 5.02 Å². The number of benzene rings is 3. The number of rotatable bonds is 8. The van der Waals surface area contributed by atoms with Crippen molar-refractivity contribution in [1.82, 2.24) is 15.1 Å². The molecule has 3 aromatic carbocycles. The smallest absolute Gasteiger partial charge is 0.260 e. The van der Waals surface area contributed by atoms with E-state index in [0.717, 1.165) is 5.56 Å². The van der Waals surface area contributed by atoms with Crippen molar-refractivity contribution in [2.45, 2.75) is 13.1 Å². The van der Waals surface area contributed by atoms with Gasteiger partial charge < -0.3 is 23.9 Å². The number of hydrogen-bond donors (Lipinski definition) is 1. The molecule has 0 fully saturated rings. The average Bonchev–Trinajstić information content (AvgIpc) is 3.37. The van der Waals surface area contributed by atoms with Crippen LogP contribution < -0.4 is 14.4 Å². The average molecular weight is 549 g/mol. The lowest BCUT2D eigenvalue weighted by Crippen LogP contribution is -2.40. The maximum absolute atomic E-state index is 13.6. The lowest BCUT2D eigenvalue weighted by Gasteiger charge is -2.23. The molecular weight excluding hydrogens is 524 g/mol. The number of carbonyl (C=O) groups excluding carboxylic acids is 2. The number of aromatic nitrogens is 2. The third kappa shape index (κ3) is 5.57. The van der Waals surface area contributed by atoms with Crippen LogP contribution >= 0.6 is 11.6 Å². The van der Waals surface area contributed by atoms with Gasteiger partial charge in [0.2, 0.25) is 11.8 Å². The number of ether oxygens (including phenoxy) is 2. The summed E-state index contributed by atoms with van der Waals surface area (Å²) in [5.74, 6) is 0.832. The zero-order valence-electron chi connectivity index (χ0n) is 21.0.